The summed E-state index contributed by atoms with van der Waals surface area (Å²) in [6.07, 6.45) is 3.33. The molecule has 3 N–H and O–H groups in total. The van der Waals surface area contributed by atoms with Crippen molar-refractivity contribution in [1.29, 1.82) is 0 Å². The number of ether oxygens (including phenoxy) is 3. The van der Waals surface area contributed by atoms with Gasteiger partial charge in [0.15, 0.2) is 11.5 Å². The van der Waals surface area contributed by atoms with Crippen LogP contribution in [0.5, 0.6) is 11.5 Å². The van der Waals surface area contributed by atoms with Crippen LogP contribution >= 0.6 is 0 Å². The summed E-state index contributed by atoms with van der Waals surface area (Å²) in [6.45, 7) is 2.89. The molecule has 0 unspecified atom stereocenters. The molecule has 5 heteroatoms. The molecule has 106 valence electrons. The zero-order valence-electron chi connectivity index (χ0n) is 11.4. The second-order valence-electron chi connectivity index (χ2n) is 4.56. The van der Waals surface area contributed by atoms with Gasteiger partial charge in [0.2, 0.25) is 0 Å². The van der Waals surface area contributed by atoms with Crippen LogP contribution in [0.2, 0.25) is 0 Å². The van der Waals surface area contributed by atoms with Crippen molar-refractivity contribution in [3.63, 3.8) is 0 Å². The van der Waals surface area contributed by atoms with Gasteiger partial charge in [0, 0.05) is 32.4 Å². The first kappa shape index (κ1) is 13.8. The molecule has 1 aliphatic heterocycles. The van der Waals surface area contributed by atoms with E-state index < -0.39 is 0 Å². The Hall–Kier alpha value is -1.62. The zero-order valence-corrected chi connectivity index (χ0v) is 11.4. The summed E-state index contributed by atoms with van der Waals surface area (Å²) in [5.74, 6) is 1.50. The van der Waals surface area contributed by atoms with E-state index in [0.717, 1.165) is 49.6 Å². The van der Waals surface area contributed by atoms with Gasteiger partial charge in [-0.2, -0.15) is 0 Å². The van der Waals surface area contributed by atoms with Gasteiger partial charge in [0.05, 0.1) is 11.4 Å². The van der Waals surface area contributed by atoms with Gasteiger partial charge < -0.3 is 25.3 Å². The molecule has 1 heterocycles. The van der Waals surface area contributed by atoms with E-state index >= 15 is 0 Å². The molecule has 0 saturated carbocycles. The highest BCUT2D eigenvalue weighted by Crippen LogP contribution is 2.36. The monoisotopic (exact) mass is 266 g/mol. The maximum Gasteiger partial charge on any atom is 0.163 e. The molecule has 0 bridgehead atoms. The van der Waals surface area contributed by atoms with E-state index in [2.05, 4.69) is 5.32 Å². The number of fused-ring (bicyclic) bond motifs is 1. The molecule has 2 rings (SSSR count). The van der Waals surface area contributed by atoms with Crippen LogP contribution < -0.4 is 20.5 Å². The molecule has 1 aromatic carbocycles. The van der Waals surface area contributed by atoms with Gasteiger partial charge in [-0.05, 0) is 19.3 Å². The third kappa shape index (κ3) is 3.92. The maximum absolute atomic E-state index is 5.99. The SMILES string of the molecule is COCCCCCNc1cc2c(cc1N)OCCO2. The first-order valence-electron chi connectivity index (χ1n) is 6.73. The highest BCUT2D eigenvalue weighted by molar-refractivity contribution is 5.72. The van der Waals surface area contributed by atoms with Gasteiger partial charge in [0.25, 0.3) is 0 Å². The molecule has 5 nitrogen and oxygen atoms in total. The van der Waals surface area contributed by atoms with E-state index in [1.807, 2.05) is 12.1 Å². The lowest BCUT2D eigenvalue weighted by Gasteiger charge is -2.20. The second kappa shape index (κ2) is 7.09. The fourth-order valence-electron chi connectivity index (χ4n) is 2.03. The summed E-state index contributed by atoms with van der Waals surface area (Å²) in [5.41, 5.74) is 7.60. The Bertz CT molecular complexity index is 410. The number of unbranched alkanes of at least 4 members (excludes halogenated alkanes) is 2. The summed E-state index contributed by atoms with van der Waals surface area (Å²) in [6, 6.07) is 3.74. The van der Waals surface area contributed by atoms with Gasteiger partial charge in [-0.25, -0.2) is 0 Å². The lowest BCUT2D eigenvalue weighted by atomic mass is 10.2. The lowest BCUT2D eigenvalue weighted by molar-refractivity contribution is 0.172. The molecular weight excluding hydrogens is 244 g/mol. The van der Waals surface area contributed by atoms with Crippen molar-refractivity contribution in [3.05, 3.63) is 12.1 Å². The summed E-state index contributed by atoms with van der Waals surface area (Å²) in [7, 11) is 1.73. The van der Waals surface area contributed by atoms with E-state index in [4.69, 9.17) is 19.9 Å². The number of benzene rings is 1. The quantitative estimate of drug-likeness (QED) is 0.585. The minimum absolute atomic E-state index is 0.582. The van der Waals surface area contributed by atoms with Crippen LogP contribution in [-0.2, 0) is 4.74 Å². The van der Waals surface area contributed by atoms with Crippen molar-refractivity contribution < 1.29 is 14.2 Å². The fourth-order valence-corrected chi connectivity index (χ4v) is 2.03. The van der Waals surface area contributed by atoms with Crippen molar-refractivity contribution in [2.75, 3.05) is 44.5 Å². The predicted octanol–water partition coefficient (Wildman–Crippen LogP) is 2.27. The summed E-state index contributed by atoms with van der Waals surface area (Å²) in [5, 5.41) is 3.34. The highest BCUT2D eigenvalue weighted by atomic mass is 16.6. The van der Waals surface area contributed by atoms with Crippen LogP contribution in [0, 0.1) is 0 Å². The van der Waals surface area contributed by atoms with Crippen LogP contribution in [0.15, 0.2) is 12.1 Å². The van der Waals surface area contributed by atoms with Crippen LogP contribution in [0.1, 0.15) is 19.3 Å². The molecule has 0 atom stereocenters. The topological polar surface area (TPSA) is 65.7 Å². The smallest absolute Gasteiger partial charge is 0.163 e. The molecule has 0 fully saturated rings. The van der Waals surface area contributed by atoms with Crippen LogP contribution in [0.25, 0.3) is 0 Å². The summed E-state index contributed by atoms with van der Waals surface area (Å²) >= 11 is 0. The fraction of sp³-hybridized carbons (Fsp3) is 0.571. The van der Waals surface area contributed by atoms with Crippen molar-refractivity contribution in [3.8, 4) is 11.5 Å². The molecule has 0 aliphatic carbocycles. The molecule has 0 aromatic heterocycles. The third-order valence-electron chi connectivity index (χ3n) is 3.06. The predicted molar refractivity (Wildman–Crippen MR) is 76.1 cm³/mol. The molecule has 1 aromatic rings. The first-order valence-corrected chi connectivity index (χ1v) is 6.73. The van der Waals surface area contributed by atoms with E-state index in [1.165, 1.54) is 0 Å². The average molecular weight is 266 g/mol. The number of nitrogens with one attached hydrogen (secondary N) is 1. The van der Waals surface area contributed by atoms with Gasteiger partial charge in [-0.3, -0.25) is 0 Å². The van der Waals surface area contributed by atoms with E-state index in [9.17, 15) is 0 Å². The van der Waals surface area contributed by atoms with Crippen molar-refractivity contribution in [1.82, 2.24) is 0 Å². The molecule has 0 amide bonds. The molecule has 0 radical (unpaired) electrons. The standard InChI is InChI=1S/C14H22N2O3/c1-17-6-4-2-3-5-16-12-10-14-13(9-11(12)15)18-7-8-19-14/h9-10,16H,2-8,15H2,1H3. The van der Waals surface area contributed by atoms with Gasteiger partial charge >= 0.3 is 0 Å². The molecule has 19 heavy (non-hydrogen) atoms. The molecule has 1 aliphatic rings. The van der Waals surface area contributed by atoms with Crippen LogP contribution in [0.4, 0.5) is 11.4 Å². The first-order chi connectivity index (χ1) is 9.31. The van der Waals surface area contributed by atoms with Crippen molar-refractivity contribution in [2.45, 2.75) is 19.3 Å². The van der Waals surface area contributed by atoms with E-state index in [0.29, 0.717) is 18.9 Å². The number of nitrogens with two attached hydrogens (primary N) is 1. The number of anilines is 2. The Morgan fingerprint density at radius 1 is 1.16 bits per heavy atom. The van der Waals surface area contributed by atoms with E-state index in [-0.39, 0.29) is 0 Å². The van der Waals surface area contributed by atoms with Crippen LogP contribution in [0.3, 0.4) is 0 Å². The number of nitrogen functional groups attached to an aromatic ring is 1. The minimum Gasteiger partial charge on any atom is -0.486 e. The summed E-state index contributed by atoms with van der Waals surface area (Å²) in [4.78, 5) is 0. The minimum atomic E-state index is 0.582. The maximum atomic E-state index is 5.99. The Labute approximate surface area is 114 Å². The number of hydrogen-bond donors (Lipinski definition) is 2. The second-order valence-corrected chi connectivity index (χ2v) is 4.56. The Balaban J connectivity index is 1.83. The number of rotatable bonds is 7. The summed E-state index contributed by atoms with van der Waals surface area (Å²) < 4.78 is 16.0. The van der Waals surface area contributed by atoms with Gasteiger partial charge in [0.1, 0.15) is 13.2 Å². The average Bonchev–Trinajstić information content (AvgIpc) is 2.43. The largest absolute Gasteiger partial charge is 0.486 e. The highest BCUT2D eigenvalue weighted by Gasteiger charge is 2.14. The normalized spacial score (nSPS) is 13.3. The molecule has 0 saturated heterocycles. The van der Waals surface area contributed by atoms with Crippen molar-refractivity contribution in [2.24, 2.45) is 0 Å². The number of methoxy groups -OCH3 is 1. The number of hydrogen-bond acceptors (Lipinski definition) is 5. The van der Waals surface area contributed by atoms with E-state index in [1.54, 1.807) is 7.11 Å². The Morgan fingerprint density at radius 2 is 1.89 bits per heavy atom. The third-order valence-corrected chi connectivity index (χ3v) is 3.06. The zero-order chi connectivity index (χ0) is 13.5. The van der Waals surface area contributed by atoms with Gasteiger partial charge in [-0.15, -0.1) is 0 Å². The molecular formula is C14H22N2O3. The Morgan fingerprint density at radius 3 is 2.63 bits per heavy atom. The Kier molecular flexibility index (Phi) is 5.15. The lowest BCUT2D eigenvalue weighted by Crippen LogP contribution is -2.16. The van der Waals surface area contributed by atoms with Gasteiger partial charge in [-0.1, -0.05) is 0 Å². The van der Waals surface area contributed by atoms with Crippen LogP contribution in [-0.4, -0.2) is 33.5 Å². The molecule has 0 spiro atoms. The van der Waals surface area contributed by atoms with Crippen molar-refractivity contribution >= 4 is 11.4 Å².